The number of hydrogen-bond donors (Lipinski definition) is 0. The van der Waals surface area contributed by atoms with Gasteiger partial charge in [-0.1, -0.05) is 32.0 Å². The van der Waals surface area contributed by atoms with Crippen molar-refractivity contribution in [3.05, 3.63) is 35.9 Å². The van der Waals surface area contributed by atoms with Gasteiger partial charge in [-0.2, -0.15) is 0 Å². The van der Waals surface area contributed by atoms with Gasteiger partial charge in [-0.25, -0.2) is 4.79 Å². The van der Waals surface area contributed by atoms with Crippen LogP contribution in [0.15, 0.2) is 30.3 Å². The minimum atomic E-state index is -0.311. The molecule has 2 fully saturated rings. The maximum atomic E-state index is 12.2. The summed E-state index contributed by atoms with van der Waals surface area (Å²) < 4.78 is 12.0. The zero-order chi connectivity index (χ0) is 14.4. The van der Waals surface area contributed by atoms with Crippen LogP contribution in [0.4, 0.5) is 0 Å². The molecule has 2 aliphatic heterocycles. The highest BCUT2D eigenvalue weighted by Gasteiger charge is 2.61. The number of esters is 1. The first-order valence-corrected chi connectivity index (χ1v) is 7.41. The smallest absolute Gasteiger partial charge is 0.338 e. The highest BCUT2D eigenvalue weighted by molar-refractivity contribution is 5.89. The van der Waals surface area contributed by atoms with E-state index in [2.05, 4.69) is 20.8 Å². The summed E-state index contributed by atoms with van der Waals surface area (Å²) in [5, 5.41) is 0. The van der Waals surface area contributed by atoms with Crippen LogP contribution in [0, 0.1) is 5.92 Å². The van der Waals surface area contributed by atoms with Gasteiger partial charge in [0, 0.05) is 6.42 Å². The lowest BCUT2D eigenvalue weighted by atomic mass is 9.75. The van der Waals surface area contributed by atoms with Crippen molar-refractivity contribution in [2.75, 3.05) is 0 Å². The molecule has 3 heteroatoms. The van der Waals surface area contributed by atoms with Gasteiger partial charge in [-0.3, -0.25) is 0 Å². The van der Waals surface area contributed by atoms with Gasteiger partial charge in [0.05, 0.1) is 11.2 Å². The lowest BCUT2D eigenvalue weighted by Crippen LogP contribution is -2.39. The van der Waals surface area contributed by atoms with Gasteiger partial charge in [0.15, 0.2) is 0 Å². The van der Waals surface area contributed by atoms with E-state index in [9.17, 15) is 4.79 Å². The third kappa shape index (κ3) is 2.05. The van der Waals surface area contributed by atoms with Crippen LogP contribution < -0.4 is 0 Å². The van der Waals surface area contributed by atoms with Crippen molar-refractivity contribution in [1.82, 2.24) is 0 Å². The fourth-order valence-corrected chi connectivity index (χ4v) is 3.51. The summed E-state index contributed by atoms with van der Waals surface area (Å²) in [6.07, 6.45) is 2.73. The predicted octanol–water partition coefficient (Wildman–Crippen LogP) is 3.58. The summed E-state index contributed by atoms with van der Waals surface area (Å²) in [6.45, 7) is 6.45. The topological polar surface area (TPSA) is 35.5 Å². The van der Waals surface area contributed by atoms with Crippen molar-refractivity contribution in [1.29, 1.82) is 0 Å². The van der Waals surface area contributed by atoms with Crippen molar-refractivity contribution >= 4 is 5.97 Å². The Morgan fingerprint density at radius 3 is 2.60 bits per heavy atom. The molecule has 2 heterocycles. The lowest BCUT2D eigenvalue weighted by Gasteiger charge is -2.31. The Bertz CT molecular complexity index is 510. The predicted molar refractivity (Wildman–Crippen MR) is 76.6 cm³/mol. The fourth-order valence-electron chi connectivity index (χ4n) is 3.51. The summed E-state index contributed by atoms with van der Waals surface area (Å²) in [7, 11) is 0. The van der Waals surface area contributed by atoms with E-state index in [1.54, 1.807) is 12.1 Å². The molecule has 3 nitrogen and oxygen atoms in total. The third-order valence-corrected chi connectivity index (χ3v) is 5.00. The molecule has 2 saturated heterocycles. The summed E-state index contributed by atoms with van der Waals surface area (Å²) >= 11 is 0. The number of fused-ring (bicyclic) bond motifs is 2. The van der Waals surface area contributed by atoms with E-state index >= 15 is 0 Å². The second kappa shape index (κ2) is 4.59. The van der Waals surface area contributed by atoms with Crippen molar-refractivity contribution in [3.63, 3.8) is 0 Å². The average Bonchev–Trinajstić information content (AvgIpc) is 2.92. The summed E-state index contributed by atoms with van der Waals surface area (Å²) in [5.41, 5.74) is 0.197. The molecule has 2 bridgehead atoms. The number of benzene rings is 1. The number of ether oxygens (including phenoxy) is 2. The van der Waals surface area contributed by atoms with Crippen LogP contribution >= 0.6 is 0 Å². The molecule has 0 unspecified atom stereocenters. The largest absolute Gasteiger partial charge is 0.456 e. The number of hydrogen-bond acceptors (Lipinski definition) is 3. The van der Waals surface area contributed by atoms with E-state index in [1.165, 1.54) is 0 Å². The van der Waals surface area contributed by atoms with E-state index in [0.29, 0.717) is 11.5 Å². The van der Waals surface area contributed by atoms with Gasteiger partial charge in [-0.15, -0.1) is 0 Å². The molecule has 0 amide bonds. The molecule has 0 N–H and O–H groups in total. The van der Waals surface area contributed by atoms with Crippen LogP contribution in [0.5, 0.6) is 0 Å². The van der Waals surface area contributed by atoms with E-state index in [-0.39, 0.29) is 23.3 Å². The molecular weight excluding hydrogens is 252 g/mol. The SMILES string of the molecule is CC(C)[C@]12CC[C@](C)(O1)[C@H](OC(=O)c1ccccc1)C2. The molecule has 0 aromatic heterocycles. The Kier molecular flexibility index (Phi) is 3.13. The number of rotatable bonds is 3. The Morgan fingerprint density at radius 1 is 1.30 bits per heavy atom. The molecule has 20 heavy (non-hydrogen) atoms. The van der Waals surface area contributed by atoms with E-state index in [1.807, 2.05) is 18.2 Å². The molecule has 108 valence electrons. The first-order valence-electron chi connectivity index (χ1n) is 7.41. The normalized spacial score (nSPS) is 35.5. The molecule has 0 saturated carbocycles. The minimum Gasteiger partial charge on any atom is -0.456 e. The van der Waals surface area contributed by atoms with Crippen LogP contribution in [0.3, 0.4) is 0 Å². The van der Waals surface area contributed by atoms with Crippen molar-refractivity contribution < 1.29 is 14.3 Å². The van der Waals surface area contributed by atoms with Gasteiger partial charge >= 0.3 is 5.97 Å². The van der Waals surface area contributed by atoms with Crippen LogP contribution in [0.1, 0.15) is 50.4 Å². The van der Waals surface area contributed by atoms with Crippen LogP contribution in [0.2, 0.25) is 0 Å². The van der Waals surface area contributed by atoms with Crippen molar-refractivity contribution in [3.8, 4) is 0 Å². The fraction of sp³-hybridized carbons (Fsp3) is 0.588. The first-order chi connectivity index (χ1) is 9.45. The molecular formula is C17H22O3. The zero-order valence-electron chi connectivity index (χ0n) is 12.4. The molecule has 3 rings (SSSR count). The second-order valence-corrected chi connectivity index (χ2v) is 6.60. The molecule has 0 spiro atoms. The van der Waals surface area contributed by atoms with E-state index < -0.39 is 0 Å². The Hall–Kier alpha value is -1.35. The quantitative estimate of drug-likeness (QED) is 0.790. The maximum Gasteiger partial charge on any atom is 0.338 e. The maximum absolute atomic E-state index is 12.2. The molecule has 1 aromatic rings. The third-order valence-electron chi connectivity index (χ3n) is 5.00. The zero-order valence-corrected chi connectivity index (χ0v) is 12.4. The molecule has 0 radical (unpaired) electrons. The Labute approximate surface area is 120 Å². The van der Waals surface area contributed by atoms with Crippen LogP contribution in [-0.2, 0) is 9.47 Å². The van der Waals surface area contributed by atoms with Gasteiger partial charge in [0.2, 0.25) is 0 Å². The van der Waals surface area contributed by atoms with Crippen molar-refractivity contribution in [2.24, 2.45) is 5.92 Å². The minimum absolute atomic E-state index is 0.101. The van der Waals surface area contributed by atoms with Gasteiger partial charge < -0.3 is 9.47 Å². The Balaban J connectivity index is 1.75. The van der Waals surface area contributed by atoms with E-state index in [4.69, 9.17) is 9.47 Å². The summed E-state index contributed by atoms with van der Waals surface area (Å²) in [5.74, 6) is 0.205. The monoisotopic (exact) mass is 274 g/mol. The highest BCUT2D eigenvalue weighted by atomic mass is 16.6. The summed E-state index contributed by atoms with van der Waals surface area (Å²) in [6, 6.07) is 9.18. The molecule has 1 aromatic carbocycles. The molecule has 2 aliphatic rings. The Morgan fingerprint density at radius 2 is 2.00 bits per heavy atom. The summed E-state index contributed by atoms with van der Waals surface area (Å²) in [4.78, 5) is 12.2. The van der Waals surface area contributed by atoms with Crippen molar-refractivity contribution in [2.45, 2.75) is 57.3 Å². The van der Waals surface area contributed by atoms with Crippen LogP contribution in [0.25, 0.3) is 0 Å². The number of carbonyl (C=O) groups is 1. The number of carbonyl (C=O) groups excluding carboxylic acids is 1. The van der Waals surface area contributed by atoms with Gasteiger partial charge in [-0.05, 0) is 37.8 Å². The second-order valence-electron chi connectivity index (χ2n) is 6.60. The molecule has 0 aliphatic carbocycles. The van der Waals surface area contributed by atoms with Gasteiger partial charge in [0.25, 0.3) is 0 Å². The highest BCUT2D eigenvalue weighted by Crippen LogP contribution is 2.55. The average molecular weight is 274 g/mol. The first kappa shape index (κ1) is 13.6. The van der Waals surface area contributed by atoms with E-state index in [0.717, 1.165) is 19.3 Å². The van der Waals surface area contributed by atoms with Crippen LogP contribution in [-0.4, -0.2) is 23.3 Å². The molecule has 3 atom stereocenters. The standard InChI is InChI=1S/C17H22O3/c1-12(2)17-10-9-16(3,20-17)14(11-17)19-15(18)13-7-5-4-6-8-13/h4-8,12,14H,9-11H2,1-3H3/t14-,16+,17-/m1/s1. The lowest BCUT2D eigenvalue weighted by molar-refractivity contribution is -0.0836. The van der Waals surface area contributed by atoms with Gasteiger partial charge in [0.1, 0.15) is 11.7 Å².